The molecule has 0 spiro atoms. The van der Waals surface area contributed by atoms with Gasteiger partial charge in [-0.1, -0.05) is 6.07 Å². The Bertz CT molecular complexity index is 1370. The molecule has 1 saturated heterocycles. The standard InChI is InChI=1S/C23H25F2N7O/c1-14-12-31(32-13-20-18(28-32)6-7-21(33)29(20)3)15(2)11-30(14)22(23(24)25)16-4-5-17-19(10-16)27-9-8-26-17/h4-10,13-15,22-23H,11-12H2,1-3H3/t14-,15+,22?/m1/s1. The summed E-state index contributed by atoms with van der Waals surface area (Å²) in [5, 5.41) is 6.68. The van der Waals surface area contributed by atoms with Gasteiger partial charge in [0.05, 0.1) is 41.4 Å². The summed E-state index contributed by atoms with van der Waals surface area (Å²) < 4.78 is 30.3. The number of hydrogen-bond donors (Lipinski definition) is 0. The van der Waals surface area contributed by atoms with Gasteiger partial charge in [0.1, 0.15) is 5.52 Å². The van der Waals surface area contributed by atoms with Crippen LogP contribution in [0.2, 0.25) is 0 Å². The lowest BCUT2D eigenvalue weighted by atomic mass is 10.00. The van der Waals surface area contributed by atoms with Crippen LogP contribution in [0.5, 0.6) is 0 Å². The quantitative estimate of drug-likeness (QED) is 0.473. The monoisotopic (exact) mass is 453 g/mol. The number of aromatic nitrogens is 5. The molecule has 10 heteroatoms. The van der Waals surface area contributed by atoms with E-state index in [2.05, 4.69) is 20.1 Å². The molecular weight excluding hydrogens is 428 g/mol. The van der Waals surface area contributed by atoms with Gasteiger partial charge in [-0.3, -0.25) is 24.7 Å². The third-order valence-corrected chi connectivity index (χ3v) is 6.48. The minimum atomic E-state index is -2.55. The molecule has 1 fully saturated rings. The third-order valence-electron chi connectivity index (χ3n) is 6.48. The van der Waals surface area contributed by atoms with Gasteiger partial charge in [-0.15, -0.1) is 0 Å². The van der Waals surface area contributed by atoms with Crippen LogP contribution >= 0.6 is 0 Å². The first-order valence-corrected chi connectivity index (χ1v) is 10.9. The molecule has 1 aliphatic heterocycles. The number of nitrogens with zero attached hydrogens (tertiary/aromatic N) is 7. The van der Waals surface area contributed by atoms with E-state index in [0.29, 0.717) is 35.2 Å². The average Bonchev–Trinajstić information content (AvgIpc) is 3.23. The summed E-state index contributed by atoms with van der Waals surface area (Å²) in [5.41, 5.74) is 3.16. The van der Waals surface area contributed by atoms with Crippen molar-refractivity contribution in [3.8, 4) is 0 Å². The molecule has 1 unspecified atom stereocenters. The van der Waals surface area contributed by atoms with E-state index in [1.807, 2.05) is 24.9 Å². The second kappa shape index (κ2) is 8.18. The van der Waals surface area contributed by atoms with E-state index in [-0.39, 0.29) is 17.6 Å². The minimum Gasteiger partial charge on any atom is -0.308 e. The molecule has 4 aromatic rings. The van der Waals surface area contributed by atoms with Crippen molar-refractivity contribution >= 4 is 22.1 Å². The van der Waals surface area contributed by atoms with E-state index >= 15 is 0 Å². The predicted octanol–water partition coefficient (Wildman–Crippen LogP) is 2.72. The van der Waals surface area contributed by atoms with Crippen LogP contribution in [-0.4, -0.2) is 60.9 Å². The summed E-state index contributed by atoms with van der Waals surface area (Å²) >= 11 is 0. The van der Waals surface area contributed by atoms with Crippen LogP contribution < -0.4 is 10.6 Å². The Morgan fingerprint density at radius 1 is 0.970 bits per heavy atom. The smallest absolute Gasteiger partial charge is 0.258 e. The van der Waals surface area contributed by atoms with Crippen LogP contribution in [0.15, 0.2) is 53.7 Å². The van der Waals surface area contributed by atoms with Gasteiger partial charge in [-0.05, 0) is 37.6 Å². The Labute approximate surface area is 189 Å². The highest BCUT2D eigenvalue weighted by Gasteiger charge is 2.38. The van der Waals surface area contributed by atoms with Crippen molar-refractivity contribution in [2.75, 3.05) is 18.1 Å². The highest BCUT2D eigenvalue weighted by atomic mass is 19.3. The maximum atomic E-state index is 14.4. The SMILES string of the molecule is C[C@@H]1CN(n2cc3c(ccc(=O)n3C)n2)[C@@H](C)CN1C(c1ccc2nccnc2c1)C(F)F. The van der Waals surface area contributed by atoms with Crippen molar-refractivity contribution in [1.82, 2.24) is 29.3 Å². The molecule has 0 radical (unpaired) electrons. The Morgan fingerprint density at radius 3 is 2.45 bits per heavy atom. The molecule has 4 heterocycles. The average molecular weight is 453 g/mol. The van der Waals surface area contributed by atoms with Crippen LogP contribution in [0.1, 0.15) is 25.5 Å². The van der Waals surface area contributed by atoms with Crippen molar-refractivity contribution in [2.24, 2.45) is 7.05 Å². The molecule has 1 aliphatic rings. The molecule has 3 atom stereocenters. The lowest BCUT2D eigenvalue weighted by molar-refractivity contribution is -0.0102. The minimum absolute atomic E-state index is 0.0750. The maximum Gasteiger partial charge on any atom is 0.258 e. The van der Waals surface area contributed by atoms with Gasteiger partial charge in [-0.2, -0.15) is 9.89 Å². The zero-order valence-electron chi connectivity index (χ0n) is 18.6. The van der Waals surface area contributed by atoms with E-state index in [4.69, 9.17) is 0 Å². The molecular formula is C23H25F2N7O. The van der Waals surface area contributed by atoms with Crippen molar-refractivity contribution in [3.63, 3.8) is 0 Å². The first-order chi connectivity index (χ1) is 15.8. The van der Waals surface area contributed by atoms with Crippen LogP contribution in [0.3, 0.4) is 0 Å². The number of piperazine rings is 1. The Hall–Kier alpha value is -3.40. The Kier molecular flexibility index (Phi) is 5.32. The molecule has 5 rings (SSSR count). The molecule has 1 aromatic carbocycles. The summed E-state index contributed by atoms with van der Waals surface area (Å²) in [5.74, 6) is 0. The van der Waals surface area contributed by atoms with E-state index in [9.17, 15) is 13.6 Å². The van der Waals surface area contributed by atoms with E-state index in [0.717, 1.165) is 5.52 Å². The summed E-state index contributed by atoms with van der Waals surface area (Å²) in [7, 11) is 1.71. The Morgan fingerprint density at radius 2 is 1.70 bits per heavy atom. The van der Waals surface area contributed by atoms with E-state index < -0.39 is 12.5 Å². The molecule has 33 heavy (non-hydrogen) atoms. The maximum absolute atomic E-state index is 14.4. The van der Waals surface area contributed by atoms with Gasteiger partial charge in [-0.25, -0.2) is 8.78 Å². The Balaban J connectivity index is 1.45. The highest BCUT2D eigenvalue weighted by molar-refractivity contribution is 5.75. The summed E-state index contributed by atoms with van der Waals surface area (Å²) in [6.07, 6.45) is 2.42. The molecule has 0 aliphatic carbocycles. The number of rotatable bonds is 4. The first kappa shape index (κ1) is 21.4. The number of fused-ring (bicyclic) bond motifs is 2. The fourth-order valence-electron chi connectivity index (χ4n) is 4.71. The lowest BCUT2D eigenvalue weighted by Gasteiger charge is -2.47. The molecule has 3 aromatic heterocycles. The fraction of sp³-hybridized carbons (Fsp3) is 0.391. The first-order valence-electron chi connectivity index (χ1n) is 10.9. The van der Waals surface area contributed by atoms with Crippen molar-refractivity contribution in [3.05, 3.63) is 64.8 Å². The molecule has 0 amide bonds. The van der Waals surface area contributed by atoms with Crippen molar-refractivity contribution in [2.45, 2.75) is 38.4 Å². The summed E-state index contributed by atoms with van der Waals surface area (Å²) in [6, 6.07) is 7.09. The zero-order valence-corrected chi connectivity index (χ0v) is 18.6. The van der Waals surface area contributed by atoms with E-state index in [1.165, 1.54) is 6.07 Å². The van der Waals surface area contributed by atoms with Crippen LogP contribution in [0.25, 0.3) is 22.1 Å². The van der Waals surface area contributed by atoms with E-state index in [1.54, 1.807) is 53.1 Å². The largest absolute Gasteiger partial charge is 0.308 e. The van der Waals surface area contributed by atoms with Gasteiger partial charge in [0.2, 0.25) is 0 Å². The summed E-state index contributed by atoms with van der Waals surface area (Å²) in [6.45, 7) is 4.90. The number of hydrogen-bond acceptors (Lipinski definition) is 6. The normalized spacial score (nSPS) is 20.7. The van der Waals surface area contributed by atoms with Crippen molar-refractivity contribution in [1.29, 1.82) is 0 Å². The number of alkyl halides is 2. The molecule has 0 bridgehead atoms. The van der Waals surface area contributed by atoms with Gasteiger partial charge in [0.25, 0.3) is 12.0 Å². The van der Waals surface area contributed by atoms with Gasteiger partial charge >= 0.3 is 0 Å². The lowest BCUT2D eigenvalue weighted by Crippen LogP contribution is -2.61. The van der Waals surface area contributed by atoms with Crippen molar-refractivity contribution < 1.29 is 8.78 Å². The van der Waals surface area contributed by atoms with Crippen LogP contribution in [0.4, 0.5) is 8.78 Å². The van der Waals surface area contributed by atoms with Crippen LogP contribution in [0, 0.1) is 0 Å². The second-order valence-electron chi connectivity index (χ2n) is 8.65. The number of halogens is 2. The molecule has 0 saturated carbocycles. The van der Waals surface area contributed by atoms with Crippen LogP contribution in [-0.2, 0) is 7.05 Å². The highest BCUT2D eigenvalue weighted by Crippen LogP contribution is 2.33. The number of pyridine rings is 1. The van der Waals surface area contributed by atoms with Gasteiger partial charge in [0, 0.05) is 38.1 Å². The molecule has 8 nitrogen and oxygen atoms in total. The molecule has 172 valence electrons. The van der Waals surface area contributed by atoms with Gasteiger partial charge < -0.3 is 4.57 Å². The third kappa shape index (κ3) is 3.74. The fourth-order valence-corrected chi connectivity index (χ4v) is 4.71. The summed E-state index contributed by atoms with van der Waals surface area (Å²) in [4.78, 5) is 24.1. The number of benzene rings is 1. The number of aryl methyl sites for hydroxylation is 1. The van der Waals surface area contributed by atoms with Gasteiger partial charge in [0.15, 0.2) is 0 Å². The topological polar surface area (TPSA) is 72.1 Å². The zero-order chi connectivity index (χ0) is 23.3. The predicted molar refractivity (Wildman–Crippen MR) is 122 cm³/mol. The second-order valence-corrected chi connectivity index (χ2v) is 8.65. The molecule has 0 N–H and O–H groups in total.